The van der Waals surface area contributed by atoms with E-state index < -0.39 is 17.6 Å². The van der Waals surface area contributed by atoms with Crippen molar-refractivity contribution in [2.45, 2.75) is 36.9 Å². The molecule has 0 spiro atoms. The molecule has 2 fully saturated rings. The van der Waals surface area contributed by atoms with Crippen molar-refractivity contribution in [1.29, 1.82) is 0 Å². The molecule has 0 bridgehead atoms. The van der Waals surface area contributed by atoms with Crippen LogP contribution in [0.15, 0.2) is 41.4 Å². The van der Waals surface area contributed by atoms with E-state index >= 15 is 0 Å². The van der Waals surface area contributed by atoms with Gasteiger partial charge in [-0.1, -0.05) is 5.16 Å². The topological polar surface area (TPSA) is 163 Å². The van der Waals surface area contributed by atoms with E-state index in [1.807, 2.05) is 0 Å². The highest BCUT2D eigenvalue weighted by atomic mass is 19.4. The number of hydrogen-bond acceptors (Lipinski definition) is 9. The van der Waals surface area contributed by atoms with E-state index in [4.69, 9.17) is 20.1 Å². The van der Waals surface area contributed by atoms with E-state index in [0.29, 0.717) is 47.0 Å². The summed E-state index contributed by atoms with van der Waals surface area (Å²) in [7, 11) is 0. The molecule has 7 rings (SSSR count). The number of rotatable bonds is 5. The average Bonchev–Trinajstić information content (AvgIpc) is 3.39. The van der Waals surface area contributed by atoms with Crippen LogP contribution in [-0.2, 0) is 10.2 Å². The summed E-state index contributed by atoms with van der Waals surface area (Å²) in [5.41, 5.74) is 6.69. The number of hydrogen-bond donors (Lipinski definition) is 3. The van der Waals surface area contributed by atoms with Gasteiger partial charge in [-0.2, -0.15) is 18.3 Å². The Hall–Kier alpha value is -4.73. The van der Waals surface area contributed by atoms with Gasteiger partial charge in [-0.3, -0.25) is 9.72 Å². The van der Waals surface area contributed by atoms with Gasteiger partial charge in [-0.25, -0.2) is 24.4 Å². The van der Waals surface area contributed by atoms with Crippen LogP contribution < -0.4 is 16.4 Å². The van der Waals surface area contributed by atoms with Crippen LogP contribution in [0.3, 0.4) is 0 Å². The number of nitrogen functional groups attached to an aromatic ring is 1. The molecule has 5 aromatic heterocycles. The Bertz CT molecular complexity index is 1760. The molecule has 1 saturated heterocycles. The second kappa shape index (κ2) is 8.64. The van der Waals surface area contributed by atoms with Crippen LogP contribution in [0.5, 0.6) is 0 Å². The normalized spacial score (nSPS) is 18.4. The van der Waals surface area contributed by atoms with Crippen LogP contribution >= 0.6 is 0 Å². The summed E-state index contributed by atoms with van der Waals surface area (Å²) in [5.74, 6) is -0.192. The number of pyridine rings is 1. The molecular formula is C24H21F3N10O3. The standard InChI is InChI=1S/C24H21F3N10O3/c25-24(26,27)23(4-5-23)15-9-16(35-40-15)33-22(38)32-13-1-2-14(36-7-6-29-20(13)36)18-17-19(28)30-11-31-21(17)37(34-18)12-3-8-39-10-12/h1-2,6-7,9,11-12H,3-5,8,10H2,(H2,28,30,31)(H2,32,33,35,38). The van der Waals surface area contributed by atoms with Crippen molar-refractivity contribution in [3.8, 4) is 11.4 Å². The maximum absolute atomic E-state index is 13.4. The first-order valence-electron chi connectivity index (χ1n) is 12.4. The molecule has 13 nitrogen and oxygen atoms in total. The zero-order chi connectivity index (χ0) is 27.6. The Balaban J connectivity index is 1.18. The van der Waals surface area contributed by atoms with Crippen molar-refractivity contribution >= 4 is 40.0 Å². The fourth-order valence-corrected chi connectivity index (χ4v) is 5.07. The number of halogens is 3. The van der Waals surface area contributed by atoms with Crippen LogP contribution in [0.1, 0.15) is 31.1 Å². The Morgan fingerprint density at radius 1 is 1.15 bits per heavy atom. The van der Waals surface area contributed by atoms with Gasteiger partial charge >= 0.3 is 12.2 Å². The molecule has 1 atom stereocenters. The minimum Gasteiger partial charge on any atom is -0.383 e. The molecule has 6 heterocycles. The van der Waals surface area contributed by atoms with E-state index in [2.05, 4.69) is 30.7 Å². The molecule has 0 aromatic carbocycles. The Kier molecular flexibility index (Phi) is 5.25. The number of urea groups is 1. The van der Waals surface area contributed by atoms with Gasteiger partial charge in [0.25, 0.3) is 0 Å². The summed E-state index contributed by atoms with van der Waals surface area (Å²) in [6.45, 7) is 1.12. The molecule has 1 unspecified atom stereocenters. The summed E-state index contributed by atoms with van der Waals surface area (Å²) in [6.07, 6.45) is 0.808. The number of aromatic nitrogens is 7. The minimum absolute atomic E-state index is 0.00330. The molecule has 2 aliphatic rings. The van der Waals surface area contributed by atoms with Gasteiger partial charge in [0.2, 0.25) is 0 Å². The van der Waals surface area contributed by atoms with E-state index in [0.717, 1.165) is 12.5 Å². The van der Waals surface area contributed by atoms with E-state index in [-0.39, 0.29) is 36.3 Å². The van der Waals surface area contributed by atoms with E-state index in [1.54, 1.807) is 33.6 Å². The lowest BCUT2D eigenvalue weighted by Gasteiger charge is -2.15. The predicted octanol–water partition coefficient (Wildman–Crippen LogP) is 3.91. The molecule has 1 saturated carbocycles. The monoisotopic (exact) mass is 554 g/mol. The number of alkyl halides is 3. The van der Waals surface area contributed by atoms with Gasteiger partial charge in [0.05, 0.1) is 29.4 Å². The number of carbonyl (C=O) groups excluding carboxylic acids is 1. The van der Waals surface area contributed by atoms with E-state index in [9.17, 15) is 18.0 Å². The highest BCUT2D eigenvalue weighted by Crippen LogP contribution is 2.59. The van der Waals surface area contributed by atoms with Crippen LogP contribution in [0, 0.1) is 0 Å². The van der Waals surface area contributed by atoms with Crippen LogP contribution in [-0.4, -0.2) is 59.7 Å². The van der Waals surface area contributed by atoms with Gasteiger partial charge in [0.1, 0.15) is 23.3 Å². The number of nitrogens with two attached hydrogens (primary N) is 1. The summed E-state index contributed by atoms with van der Waals surface area (Å²) in [4.78, 5) is 25.7. The first-order valence-corrected chi connectivity index (χ1v) is 12.4. The Labute approximate surface area is 222 Å². The number of nitrogens with one attached hydrogen (secondary N) is 2. The number of anilines is 3. The fraction of sp³-hybridized carbons (Fsp3) is 0.333. The zero-order valence-corrected chi connectivity index (χ0v) is 20.6. The molecule has 0 radical (unpaired) electrons. The second-order valence-electron chi connectivity index (χ2n) is 9.76. The lowest BCUT2D eigenvalue weighted by atomic mass is 10.0. The smallest absolute Gasteiger partial charge is 0.383 e. The third-order valence-electron chi connectivity index (χ3n) is 7.33. The van der Waals surface area contributed by atoms with Gasteiger partial charge in [-0.15, -0.1) is 0 Å². The lowest BCUT2D eigenvalue weighted by molar-refractivity contribution is -0.165. The average molecular weight is 554 g/mol. The van der Waals surface area contributed by atoms with Crippen molar-refractivity contribution < 1.29 is 27.2 Å². The number of ether oxygens (including phenoxy) is 1. The molecule has 1 aliphatic heterocycles. The molecule has 4 N–H and O–H groups in total. The largest absolute Gasteiger partial charge is 0.401 e. The number of fused-ring (bicyclic) bond motifs is 2. The first-order chi connectivity index (χ1) is 19.2. The molecule has 206 valence electrons. The fourth-order valence-electron chi connectivity index (χ4n) is 5.07. The number of nitrogens with zero attached hydrogens (tertiary/aromatic N) is 7. The minimum atomic E-state index is -4.46. The number of imidazole rings is 1. The summed E-state index contributed by atoms with van der Waals surface area (Å²) >= 11 is 0. The predicted molar refractivity (Wildman–Crippen MR) is 135 cm³/mol. The quantitative estimate of drug-likeness (QED) is 0.292. The van der Waals surface area contributed by atoms with Crippen LogP contribution in [0.2, 0.25) is 0 Å². The summed E-state index contributed by atoms with van der Waals surface area (Å²) in [5, 5.41) is 14.1. The highest BCUT2D eigenvalue weighted by Gasteiger charge is 2.66. The molecule has 5 aromatic rings. The first kappa shape index (κ1) is 24.3. The Morgan fingerprint density at radius 2 is 2.00 bits per heavy atom. The van der Waals surface area contributed by atoms with Gasteiger partial charge < -0.3 is 20.3 Å². The van der Waals surface area contributed by atoms with Crippen molar-refractivity contribution in [3.05, 3.63) is 42.7 Å². The SMILES string of the molecule is Nc1ncnc2c1c(-c1ccc(NC(=O)Nc3cc(C4(C(F)(F)F)CC4)on3)c3nccn13)nn2C1CCOC1. The van der Waals surface area contributed by atoms with Crippen LogP contribution in [0.25, 0.3) is 28.1 Å². The highest BCUT2D eigenvalue weighted by molar-refractivity contribution is 6.02. The summed E-state index contributed by atoms with van der Waals surface area (Å²) in [6, 6.07) is 3.73. The number of carbonyl (C=O) groups is 1. The second-order valence-corrected chi connectivity index (χ2v) is 9.76. The molecular weight excluding hydrogens is 533 g/mol. The molecule has 40 heavy (non-hydrogen) atoms. The van der Waals surface area contributed by atoms with Gasteiger partial charge in [-0.05, 0) is 31.4 Å². The van der Waals surface area contributed by atoms with Crippen molar-refractivity contribution in [3.63, 3.8) is 0 Å². The lowest BCUT2D eigenvalue weighted by Crippen LogP contribution is -2.28. The van der Waals surface area contributed by atoms with Gasteiger partial charge in [0.15, 0.2) is 22.9 Å². The van der Waals surface area contributed by atoms with Crippen molar-refractivity contribution in [2.24, 2.45) is 0 Å². The third kappa shape index (κ3) is 3.74. The van der Waals surface area contributed by atoms with Crippen molar-refractivity contribution in [1.82, 2.24) is 34.3 Å². The zero-order valence-electron chi connectivity index (χ0n) is 20.6. The molecule has 1 aliphatic carbocycles. The number of amides is 2. The Morgan fingerprint density at radius 3 is 2.75 bits per heavy atom. The summed E-state index contributed by atoms with van der Waals surface area (Å²) < 4.78 is 54.1. The maximum atomic E-state index is 13.4. The van der Waals surface area contributed by atoms with Crippen LogP contribution in [0.4, 0.5) is 35.3 Å². The maximum Gasteiger partial charge on any atom is 0.401 e. The van der Waals surface area contributed by atoms with Crippen molar-refractivity contribution in [2.75, 3.05) is 29.6 Å². The van der Waals surface area contributed by atoms with Gasteiger partial charge in [0, 0.05) is 25.1 Å². The molecule has 2 amide bonds. The molecule has 16 heteroatoms. The third-order valence-corrected chi connectivity index (χ3v) is 7.33. The van der Waals surface area contributed by atoms with E-state index in [1.165, 1.54) is 6.33 Å².